The number of rotatable bonds is 9. The quantitative estimate of drug-likeness (QED) is 0.408. The van der Waals surface area contributed by atoms with E-state index in [-0.39, 0.29) is 11.8 Å². The van der Waals surface area contributed by atoms with Crippen LogP contribution in [0.3, 0.4) is 0 Å². The van der Waals surface area contributed by atoms with E-state index in [1.165, 1.54) is 12.3 Å². The summed E-state index contributed by atoms with van der Waals surface area (Å²) in [5.41, 5.74) is 8.19. The van der Waals surface area contributed by atoms with Crippen LogP contribution in [-0.4, -0.2) is 68.2 Å². The summed E-state index contributed by atoms with van der Waals surface area (Å²) in [6.45, 7) is 3.89. The number of fused-ring (bicyclic) bond motifs is 1. The molecule has 2 N–H and O–H groups in total. The van der Waals surface area contributed by atoms with Crippen molar-refractivity contribution in [2.45, 2.75) is 13.5 Å². The lowest BCUT2D eigenvalue weighted by molar-refractivity contribution is 0.260. The van der Waals surface area contributed by atoms with Crippen LogP contribution in [0, 0.1) is 5.82 Å². The number of nitrogens with zero attached hydrogens (tertiary/aromatic N) is 7. The van der Waals surface area contributed by atoms with Gasteiger partial charge in [-0.25, -0.2) is 9.37 Å². The third-order valence-corrected chi connectivity index (χ3v) is 4.76. The average molecular weight is 452 g/mol. The lowest BCUT2D eigenvalue weighted by atomic mass is 10.2. The number of aromatic nitrogens is 6. The Hall–Kier alpha value is -3.86. The highest BCUT2D eigenvalue weighted by atomic mass is 19.1. The fourth-order valence-electron chi connectivity index (χ4n) is 3.20. The van der Waals surface area contributed by atoms with E-state index in [4.69, 9.17) is 15.2 Å². The molecule has 0 radical (unpaired) electrons. The van der Waals surface area contributed by atoms with Gasteiger partial charge in [0.25, 0.3) is 0 Å². The van der Waals surface area contributed by atoms with Crippen molar-refractivity contribution in [1.82, 2.24) is 34.4 Å². The van der Waals surface area contributed by atoms with Crippen LogP contribution in [0.2, 0.25) is 0 Å². The van der Waals surface area contributed by atoms with Gasteiger partial charge in [-0.2, -0.15) is 9.97 Å². The first kappa shape index (κ1) is 22.3. The number of ether oxygens (including phenoxy) is 2. The first-order valence-electron chi connectivity index (χ1n) is 10.4. The summed E-state index contributed by atoms with van der Waals surface area (Å²) in [6.07, 6.45) is 4.33. The molecule has 10 nitrogen and oxygen atoms in total. The van der Waals surface area contributed by atoms with Crippen molar-refractivity contribution in [2.24, 2.45) is 0 Å². The lowest BCUT2D eigenvalue weighted by Crippen LogP contribution is -2.19. The second-order valence-corrected chi connectivity index (χ2v) is 7.55. The second kappa shape index (κ2) is 9.74. The van der Waals surface area contributed by atoms with Gasteiger partial charge in [0.2, 0.25) is 0 Å². The Morgan fingerprint density at radius 1 is 1.09 bits per heavy atom. The topological polar surface area (TPSA) is 117 Å². The molecular weight excluding hydrogens is 427 g/mol. The molecule has 4 rings (SSSR count). The van der Waals surface area contributed by atoms with Gasteiger partial charge in [-0.3, -0.25) is 9.97 Å². The first-order chi connectivity index (χ1) is 15.9. The number of pyridine rings is 2. The van der Waals surface area contributed by atoms with E-state index in [1.54, 1.807) is 10.8 Å². The van der Waals surface area contributed by atoms with Crippen molar-refractivity contribution in [3.63, 3.8) is 0 Å². The number of nitrogens with two attached hydrogens (primary N) is 1. The van der Waals surface area contributed by atoms with Crippen molar-refractivity contribution < 1.29 is 13.9 Å². The van der Waals surface area contributed by atoms with Crippen molar-refractivity contribution in [3.8, 4) is 23.1 Å². The maximum atomic E-state index is 13.9. The summed E-state index contributed by atoms with van der Waals surface area (Å²) in [5, 5.41) is 0. The molecule has 11 heteroatoms. The fraction of sp³-hybridized carbons (Fsp3) is 0.318. The SMILES string of the molecule is CCOc1nc(N)c2nc(-c3cncc(F)c3)n(Cc3ccc(OCCN(C)C)cn3)c2n1. The molecule has 4 aromatic rings. The molecular formula is C22H25FN8O2. The van der Waals surface area contributed by atoms with Gasteiger partial charge in [-0.15, -0.1) is 0 Å². The fourth-order valence-corrected chi connectivity index (χ4v) is 3.20. The van der Waals surface area contributed by atoms with Gasteiger partial charge >= 0.3 is 6.01 Å². The number of nitrogen functional groups attached to an aromatic ring is 1. The summed E-state index contributed by atoms with van der Waals surface area (Å²) in [7, 11) is 3.97. The predicted molar refractivity (Wildman–Crippen MR) is 121 cm³/mol. The summed E-state index contributed by atoms with van der Waals surface area (Å²) in [4.78, 5) is 23.7. The molecule has 0 aliphatic heterocycles. The first-order valence-corrected chi connectivity index (χ1v) is 10.4. The molecule has 0 fully saturated rings. The van der Waals surface area contributed by atoms with Crippen LogP contribution in [0.25, 0.3) is 22.6 Å². The largest absolute Gasteiger partial charge is 0.491 e. The monoisotopic (exact) mass is 452 g/mol. The van der Waals surface area contributed by atoms with Crippen LogP contribution in [-0.2, 0) is 6.54 Å². The normalized spacial score (nSPS) is 11.3. The van der Waals surface area contributed by atoms with E-state index in [1.807, 2.05) is 38.1 Å². The Morgan fingerprint density at radius 3 is 2.64 bits per heavy atom. The Morgan fingerprint density at radius 2 is 1.94 bits per heavy atom. The maximum Gasteiger partial charge on any atom is 0.320 e. The highest BCUT2D eigenvalue weighted by molar-refractivity contribution is 5.85. The van der Waals surface area contributed by atoms with Crippen molar-refractivity contribution in [1.29, 1.82) is 0 Å². The van der Waals surface area contributed by atoms with E-state index >= 15 is 0 Å². The van der Waals surface area contributed by atoms with Gasteiger partial charge in [-0.05, 0) is 39.2 Å². The molecule has 0 aromatic carbocycles. The minimum atomic E-state index is -0.475. The minimum absolute atomic E-state index is 0.144. The van der Waals surface area contributed by atoms with Gasteiger partial charge in [0, 0.05) is 18.3 Å². The molecule has 33 heavy (non-hydrogen) atoms. The third kappa shape index (κ3) is 5.14. The molecule has 0 aliphatic rings. The molecule has 0 aliphatic carbocycles. The molecule has 0 spiro atoms. The summed E-state index contributed by atoms with van der Waals surface area (Å²) < 4.78 is 26.9. The van der Waals surface area contributed by atoms with Crippen LogP contribution in [0.15, 0.2) is 36.8 Å². The van der Waals surface area contributed by atoms with Crippen LogP contribution in [0.4, 0.5) is 10.2 Å². The van der Waals surface area contributed by atoms with E-state index < -0.39 is 5.82 Å². The maximum absolute atomic E-state index is 13.9. The van der Waals surface area contributed by atoms with Gasteiger partial charge in [0.05, 0.1) is 31.2 Å². The van der Waals surface area contributed by atoms with E-state index in [0.29, 0.717) is 48.1 Å². The third-order valence-electron chi connectivity index (χ3n) is 4.76. The number of halogens is 1. The molecule has 4 heterocycles. The van der Waals surface area contributed by atoms with Gasteiger partial charge in [0.15, 0.2) is 17.0 Å². The van der Waals surface area contributed by atoms with E-state index in [2.05, 4.69) is 24.9 Å². The molecule has 0 atom stereocenters. The zero-order valence-corrected chi connectivity index (χ0v) is 18.7. The van der Waals surface area contributed by atoms with Crippen molar-refractivity contribution >= 4 is 17.0 Å². The standard InChI is InChI=1S/C22H25FN8O2/c1-4-32-22-28-19(24)18-21(29-22)31(20(27-18)14-9-15(23)11-25-10-14)13-16-5-6-17(12-26-16)33-8-7-30(2)3/h5-6,9-12H,4,7-8,13H2,1-3H3,(H2,24,28,29). The highest BCUT2D eigenvalue weighted by Gasteiger charge is 2.20. The smallest absolute Gasteiger partial charge is 0.320 e. The molecule has 0 unspecified atom stereocenters. The molecule has 0 saturated heterocycles. The predicted octanol–water partition coefficient (Wildman–Crippen LogP) is 2.39. The van der Waals surface area contributed by atoms with Crippen LogP contribution in [0.1, 0.15) is 12.6 Å². The van der Waals surface area contributed by atoms with Crippen LogP contribution < -0.4 is 15.2 Å². The van der Waals surface area contributed by atoms with Gasteiger partial charge in [-0.1, -0.05) is 0 Å². The van der Waals surface area contributed by atoms with E-state index in [9.17, 15) is 4.39 Å². The van der Waals surface area contributed by atoms with Crippen molar-refractivity contribution in [2.75, 3.05) is 39.6 Å². The highest BCUT2D eigenvalue weighted by Crippen LogP contribution is 2.28. The Bertz CT molecular complexity index is 1240. The number of hydrogen-bond acceptors (Lipinski definition) is 9. The number of likely N-dealkylation sites (N-methyl/N-ethyl adjacent to an activating group) is 1. The summed E-state index contributed by atoms with van der Waals surface area (Å²) in [6, 6.07) is 5.21. The summed E-state index contributed by atoms with van der Waals surface area (Å²) in [5.74, 6) is 0.818. The number of anilines is 1. The Balaban J connectivity index is 1.72. The summed E-state index contributed by atoms with van der Waals surface area (Å²) >= 11 is 0. The Labute approximate surface area is 190 Å². The molecule has 4 aromatic heterocycles. The minimum Gasteiger partial charge on any atom is -0.491 e. The second-order valence-electron chi connectivity index (χ2n) is 7.55. The molecule has 0 bridgehead atoms. The van der Waals surface area contributed by atoms with Crippen LogP contribution >= 0.6 is 0 Å². The van der Waals surface area contributed by atoms with Crippen molar-refractivity contribution in [3.05, 3.63) is 48.3 Å². The number of hydrogen-bond donors (Lipinski definition) is 1. The molecule has 0 amide bonds. The molecule has 172 valence electrons. The van der Waals surface area contributed by atoms with Gasteiger partial charge < -0.3 is 24.7 Å². The number of imidazole rings is 1. The lowest BCUT2D eigenvalue weighted by Gasteiger charge is -2.12. The van der Waals surface area contributed by atoms with E-state index in [0.717, 1.165) is 18.4 Å². The zero-order valence-electron chi connectivity index (χ0n) is 18.7. The average Bonchev–Trinajstić information content (AvgIpc) is 3.14. The molecule has 0 saturated carbocycles. The Kier molecular flexibility index (Phi) is 6.59. The van der Waals surface area contributed by atoms with Crippen LogP contribution in [0.5, 0.6) is 11.8 Å². The van der Waals surface area contributed by atoms with Gasteiger partial charge in [0.1, 0.15) is 24.0 Å². The zero-order chi connectivity index (χ0) is 23.4.